The van der Waals surface area contributed by atoms with E-state index in [1.165, 1.54) is 46.2 Å². The number of hydrogen-bond acceptors (Lipinski definition) is 5. The van der Waals surface area contributed by atoms with E-state index in [1.807, 2.05) is 26.1 Å². The van der Waals surface area contributed by atoms with Gasteiger partial charge in [-0.15, -0.1) is 11.3 Å². The van der Waals surface area contributed by atoms with Crippen LogP contribution in [0.2, 0.25) is 0 Å². The second kappa shape index (κ2) is 10.00. The Balaban J connectivity index is 1.98. The number of carbonyl (C=O) groups excluding carboxylic acids is 1. The molecule has 3 aromatic rings. The molecule has 0 fully saturated rings. The third-order valence-corrected chi connectivity index (χ3v) is 5.01. The van der Waals surface area contributed by atoms with Crippen molar-refractivity contribution in [3.8, 4) is 11.5 Å². The standard InChI is InChI=1S/C22H22F5N3O3S/c1-21(2,3)12-32-17-13(5-4-6-15(17)33-19(23)24)7-8-14-16(18(31)28-11-22(25,26)27)30-9-10-34-20(30)29-14/h4-10,19H,11-12H2,1-3H3,(H,28,31)/b8-7+. The molecule has 184 valence electrons. The molecule has 34 heavy (non-hydrogen) atoms. The van der Waals surface area contributed by atoms with Crippen molar-refractivity contribution in [2.45, 2.75) is 33.6 Å². The number of amides is 1. The Hall–Kier alpha value is -3.15. The number of para-hydroxylation sites is 1. The van der Waals surface area contributed by atoms with Crippen molar-refractivity contribution in [3.63, 3.8) is 0 Å². The Morgan fingerprint density at radius 1 is 1.24 bits per heavy atom. The molecule has 0 saturated carbocycles. The van der Waals surface area contributed by atoms with Crippen LogP contribution in [0, 0.1) is 5.41 Å². The number of hydrogen-bond donors (Lipinski definition) is 1. The van der Waals surface area contributed by atoms with Gasteiger partial charge in [0.15, 0.2) is 16.5 Å². The van der Waals surface area contributed by atoms with Gasteiger partial charge >= 0.3 is 12.8 Å². The lowest BCUT2D eigenvalue weighted by Gasteiger charge is -2.21. The molecule has 0 saturated heterocycles. The maximum absolute atomic E-state index is 12.9. The van der Waals surface area contributed by atoms with Crippen molar-refractivity contribution in [2.24, 2.45) is 5.41 Å². The second-order valence-corrected chi connectivity index (χ2v) is 9.31. The van der Waals surface area contributed by atoms with Crippen molar-refractivity contribution in [1.29, 1.82) is 0 Å². The van der Waals surface area contributed by atoms with Crippen LogP contribution in [0.4, 0.5) is 22.0 Å². The van der Waals surface area contributed by atoms with Gasteiger partial charge in [-0.2, -0.15) is 22.0 Å². The predicted octanol–water partition coefficient (Wildman–Crippen LogP) is 5.88. The molecular weight excluding hydrogens is 481 g/mol. The van der Waals surface area contributed by atoms with Gasteiger partial charge in [0.2, 0.25) is 0 Å². The number of aromatic nitrogens is 2. The second-order valence-electron chi connectivity index (χ2n) is 8.43. The van der Waals surface area contributed by atoms with E-state index in [1.54, 1.807) is 11.4 Å². The van der Waals surface area contributed by atoms with E-state index < -0.39 is 25.2 Å². The number of nitrogens with one attached hydrogen (secondary N) is 1. The highest BCUT2D eigenvalue weighted by molar-refractivity contribution is 7.15. The first kappa shape index (κ1) is 25.5. The van der Waals surface area contributed by atoms with Gasteiger partial charge in [0, 0.05) is 17.1 Å². The minimum absolute atomic E-state index is 0.0677. The molecule has 3 rings (SSSR count). The number of alkyl halides is 5. The predicted molar refractivity (Wildman–Crippen MR) is 118 cm³/mol. The Morgan fingerprint density at radius 3 is 2.62 bits per heavy atom. The summed E-state index contributed by atoms with van der Waals surface area (Å²) in [5, 5.41) is 3.48. The zero-order chi connectivity index (χ0) is 25.1. The summed E-state index contributed by atoms with van der Waals surface area (Å²) in [7, 11) is 0. The number of ether oxygens (including phenoxy) is 2. The van der Waals surface area contributed by atoms with Crippen molar-refractivity contribution in [2.75, 3.05) is 13.2 Å². The van der Waals surface area contributed by atoms with Gasteiger partial charge in [0.1, 0.15) is 12.2 Å². The number of nitrogens with zero attached hydrogens (tertiary/aromatic N) is 2. The maximum Gasteiger partial charge on any atom is 0.405 e. The number of benzene rings is 1. The Labute approximate surface area is 196 Å². The highest BCUT2D eigenvalue weighted by Crippen LogP contribution is 2.35. The molecule has 0 radical (unpaired) electrons. The van der Waals surface area contributed by atoms with E-state index in [0.29, 0.717) is 10.5 Å². The minimum atomic E-state index is -4.57. The van der Waals surface area contributed by atoms with E-state index in [-0.39, 0.29) is 34.9 Å². The molecule has 1 aromatic carbocycles. The molecule has 2 heterocycles. The van der Waals surface area contributed by atoms with Gasteiger partial charge in [-0.05, 0) is 23.6 Å². The Morgan fingerprint density at radius 2 is 1.97 bits per heavy atom. The van der Waals surface area contributed by atoms with E-state index in [0.717, 1.165) is 0 Å². The average molecular weight is 503 g/mol. The summed E-state index contributed by atoms with van der Waals surface area (Å²) in [6.07, 6.45) is -0.173. The first-order valence-electron chi connectivity index (χ1n) is 10.0. The van der Waals surface area contributed by atoms with Crippen LogP contribution in [-0.2, 0) is 0 Å². The molecule has 0 aliphatic rings. The highest BCUT2D eigenvalue weighted by atomic mass is 32.1. The fraction of sp³-hybridized carbons (Fsp3) is 0.364. The monoisotopic (exact) mass is 503 g/mol. The quantitative estimate of drug-likeness (QED) is 0.390. The van der Waals surface area contributed by atoms with Crippen LogP contribution in [-0.4, -0.2) is 41.2 Å². The normalized spacial score (nSPS) is 12.6. The van der Waals surface area contributed by atoms with E-state index >= 15 is 0 Å². The summed E-state index contributed by atoms with van der Waals surface area (Å²) in [6.45, 7) is 1.35. The molecule has 12 heteroatoms. The summed E-state index contributed by atoms with van der Waals surface area (Å²) in [4.78, 5) is 17.2. The largest absolute Gasteiger partial charge is 0.489 e. The zero-order valence-corrected chi connectivity index (χ0v) is 19.3. The van der Waals surface area contributed by atoms with Crippen LogP contribution < -0.4 is 14.8 Å². The summed E-state index contributed by atoms with van der Waals surface area (Å²) >= 11 is 1.20. The smallest absolute Gasteiger partial charge is 0.405 e. The van der Waals surface area contributed by atoms with Gasteiger partial charge in [0.25, 0.3) is 5.91 Å². The molecule has 1 amide bonds. The third-order valence-electron chi connectivity index (χ3n) is 4.25. The minimum Gasteiger partial charge on any atom is -0.489 e. The number of rotatable bonds is 8. The fourth-order valence-electron chi connectivity index (χ4n) is 2.87. The molecule has 6 nitrogen and oxygen atoms in total. The van der Waals surface area contributed by atoms with Crippen molar-refractivity contribution in [1.82, 2.24) is 14.7 Å². The van der Waals surface area contributed by atoms with E-state index in [9.17, 15) is 26.7 Å². The summed E-state index contributed by atoms with van der Waals surface area (Å²) in [5.41, 5.74) is 0.0967. The van der Waals surface area contributed by atoms with E-state index in [4.69, 9.17) is 4.74 Å². The van der Waals surface area contributed by atoms with E-state index in [2.05, 4.69) is 9.72 Å². The van der Waals surface area contributed by atoms with Crippen LogP contribution in [0.1, 0.15) is 42.5 Å². The number of thiazole rings is 1. The van der Waals surface area contributed by atoms with Crippen molar-refractivity contribution < 1.29 is 36.2 Å². The first-order valence-corrected chi connectivity index (χ1v) is 10.9. The van der Waals surface area contributed by atoms with Crippen LogP contribution in [0.5, 0.6) is 11.5 Å². The molecule has 0 aliphatic heterocycles. The van der Waals surface area contributed by atoms with Gasteiger partial charge in [0.05, 0.1) is 12.3 Å². The molecule has 0 atom stereocenters. The maximum atomic E-state index is 12.9. The molecule has 2 aromatic heterocycles. The fourth-order valence-corrected chi connectivity index (χ4v) is 3.59. The average Bonchev–Trinajstić information content (AvgIpc) is 3.28. The number of carbonyl (C=O) groups is 1. The highest BCUT2D eigenvalue weighted by Gasteiger charge is 2.29. The van der Waals surface area contributed by atoms with Gasteiger partial charge in [-0.1, -0.05) is 32.9 Å². The van der Waals surface area contributed by atoms with Crippen molar-refractivity contribution >= 4 is 34.4 Å². The van der Waals surface area contributed by atoms with Crippen LogP contribution >= 0.6 is 11.3 Å². The first-order chi connectivity index (χ1) is 15.8. The molecule has 1 N–H and O–H groups in total. The summed E-state index contributed by atoms with van der Waals surface area (Å²) < 4.78 is 75.3. The van der Waals surface area contributed by atoms with Crippen LogP contribution in [0.15, 0.2) is 29.8 Å². The van der Waals surface area contributed by atoms with Crippen molar-refractivity contribution in [3.05, 3.63) is 46.7 Å². The Bertz CT molecular complexity index is 1180. The van der Waals surface area contributed by atoms with Crippen LogP contribution in [0.25, 0.3) is 17.1 Å². The summed E-state index contributed by atoms with van der Waals surface area (Å²) in [5.74, 6) is -1.06. The number of imidazole rings is 1. The molecule has 0 aliphatic carbocycles. The summed E-state index contributed by atoms with van der Waals surface area (Å²) in [6, 6.07) is 4.42. The van der Waals surface area contributed by atoms with Gasteiger partial charge in [-0.25, -0.2) is 4.98 Å². The lowest BCUT2D eigenvalue weighted by Crippen LogP contribution is -2.34. The Kier molecular flexibility index (Phi) is 7.49. The lowest BCUT2D eigenvalue weighted by molar-refractivity contribution is -0.123. The SMILES string of the molecule is CC(C)(C)COc1c(/C=C/c2nc3sccn3c2C(=O)NCC(F)(F)F)cccc1OC(F)F. The zero-order valence-electron chi connectivity index (χ0n) is 18.5. The lowest BCUT2D eigenvalue weighted by atomic mass is 9.98. The topological polar surface area (TPSA) is 64.9 Å². The molecule has 0 spiro atoms. The van der Waals surface area contributed by atoms with Gasteiger partial charge < -0.3 is 14.8 Å². The molecular formula is C22H22F5N3O3S. The number of fused-ring (bicyclic) bond motifs is 1. The molecule has 0 bridgehead atoms. The third kappa shape index (κ3) is 6.69. The van der Waals surface area contributed by atoms with Gasteiger partial charge in [-0.3, -0.25) is 9.20 Å². The van der Waals surface area contributed by atoms with Crippen LogP contribution in [0.3, 0.4) is 0 Å². The molecule has 0 unspecified atom stereocenters. The number of halogens is 5.